The second-order valence-electron chi connectivity index (χ2n) is 3.84. The van der Waals surface area contributed by atoms with Crippen molar-refractivity contribution < 1.29 is 29.3 Å². The molecule has 0 heterocycles. The minimum absolute atomic E-state index is 0.665. The van der Waals surface area contributed by atoms with E-state index in [1.54, 1.807) is 31.4 Å². The molecular formula is C14H16O6. The van der Waals surface area contributed by atoms with E-state index in [1.807, 2.05) is 0 Å². The second kappa shape index (κ2) is 8.08. The van der Waals surface area contributed by atoms with E-state index in [-0.39, 0.29) is 0 Å². The first kappa shape index (κ1) is 15.9. The average Bonchev–Trinajstić information content (AvgIpc) is 2.50. The van der Waals surface area contributed by atoms with Gasteiger partial charge in [0.1, 0.15) is 12.4 Å². The maximum atomic E-state index is 11.5. The summed E-state index contributed by atoms with van der Waals surface area (Å²) in [6, 6.07) is 6.95. The Kier molecular flexibility index (Phi) is 6.42. The highest BCUT2D eigenvalue weighted by Gasteiger charge is 2.19. The summed E-state index contributed by atoms with van der Waals surface area (Å²) in [7, 11) is 1.55. The molecular weight excluding hydrogens is 264 g/mol. The zero-order valence-electron chi connectivity index (χ0n) is 11.0. The molecule has 6 nitrogen and oxygen atoms in total. The number of ether oxygens (including phenoxy) is 2. The van der Waals surface area contributed by atoms with Gasteiger partial charge < -0.3 is 19.7 Å². The number of esters is 1. The molecule has 6 heteroatoms. The van der Waals surface area contributed by atoms with E-state index < -0.39 is 31.1 Å². The van der Waals surface area contributed by atoms with Crippen LogP contribution in [0.3, 0.4) is 0 Å². The molecule has 0 spiro atoms. The number of aliphatic hydroxyl groups excluding tert-OH is 2. The number of benzene rings is 1. The lowest BCUT2D eigenvalue weighted by Gasteiger charge is -2.11. The summed E-state index contributed by atoms with van der Waals surface area (Å²) in [5.74, 6) is -0.834. The zero-order valence-corrected chi connectivity index (χ0v) is 11.0. The SMILES string of the molecule is COc1ccc(C=CC(=O)OC(CO)C(=O)CO)cc1. The van der Waals surface area contributed by atoms with Gasteiger partial charge in [-0.05, 0) is 23.8 Å². The molecule has 1 rings (SSSR count). The van der Waals surface area contributed by atoms with Crippen molar-refractivity contribution in [2.75, 3.05) is 20.3 Å². The average molecular weight is 280 g/mol. The lowest BCUT2D eigenvalue weighted by atomic mass is 10.2. The summed E-state index contributed by atoms with van der Waals surface area (Å²) in [5.41, 5.74) is 0.747. The molecule has 0 saturated heterocycles. The Bertz CT molecular complexity index is 477. The van der Waals surface area contributed by atoms with Gasteiger partial charge in [-0.3, -0.25) is 4.79 Å². The van der Waals surface area contributed by atoms with Crippen LogP contribution in [0.25, 0.3) is 6.08 Å². The predicted octanol–water partition coefficient (Wildman–Crippen LogP) is 0.174. The summed E-state index contributed by atoms with van der Waals surface area (Å²) >= 11 is 0. The van der Waals surface area contributed by atoms with Crippen LogP contribution in [-0.2, 0) is 14.3 Å². The smallest absolute Gasteiger partial charge is 0.331 e. The van der Waals surface area contributed by atoms with Crippen LogP contribution in [-0.4, -0.2) is 48.4 Å². The normalized spacial score (nSPS) is 12.2. The summed E-state index contributed by atoms with van der Waals surface area (Å²) < 4.78 is 9.70. The quantitative estimate of drug-likeness (QED) is 0.546. The summed E-state index contributed by atoms with van der Waals surface area (Å²) in [6.07, 6.45) is 1.29. The van der Waals surface area contributed by atoms with Gasteiger partial charge in [0, 0.05) is 6.08 Å². The fourth-order valence-electron chi connectivity index (χ4n) is 1.37. The van der Waals surface area contributed by atoms with Crippen LogP contribution in [0.2, 0.25) is 0 Å². The maximum absolute atomic E-state index is 11.5. The minimum atomic E-state index is -1.34. The number of Topliss-reactive ketones (excluding diaryl/α,β-unsaturated/α-hetero) is 1. The van der Waals surface area contributed by atoms with Crippen molar-refractivity contribution in [2.45, 2.75) is 6.10 Å². The maximum Gasteiger partial charge on any atom is 0.331 e. The van der Waals surface area contributed by atoms with Gasteiger partial charge in [-0.2, -0.15) is 0 Å². The van der Waals surface area contributed by atoms with E-state index in [0.717, 1.165) is 11.6 Å². The van der Waals surface area contributed by atoms with Crippen molar-refractivity contribution >= 4 is 17.8 Å². The number of methoxy groups -OCH3 is 1. The Balaban J connectivity index is 2.60. The number of hydrogen-bond donors (Lipinski definition) is 2. The number of carbonyl (C=O) groups is 2. The van der Waals surface area contributed by atoms with Crippen LogP contribution in [0.5, 0.6) is 5.75 Å². The van der Waals surface area contributed by atoms with Gasteiger partial charge in [0.05, 0.1) is 13.7 Å². The highest BCUT2D eigenvalue weighted by molar-refractivity contribution is 5.91. The molecule has 1 aromatic carbocycles. The van der Waals surface area contributed by atoms with Crippen LogP contribution in [0, 0.1) is 0 Å². The first-order valence-corrected chi connectivity index (χ1v) is 5.88. The molecule has 2 N–H and O–H groups in total. The third-order valence-electron chi connectivity index (χ3n) is 2.47. The highest BCUT2D eigenvalue weighted by atomic mass is 16.6. The van der Waals surface area contributed by atoms with Crippen molar-refractivity contribution in [1.82, 2.24) is 0 Å². The van der Waals surface area contributed by atoms with Gasteiger partial charge in [0.25, 0.3) is 0 Å². The van der Waals surface area contributed by atoms with E-state index in [2.05, 4.69) is 0 Å². The second-order valence-corrected chi connectivity index (χ2v) is 3.84. The van der Waals surface area contributed by atoms with E-state index in [9.17, 15) is 9.59 Å². The van der Waals surface area contributed by atoms with Crippen LogP contribution < -0.4 is 4.74 Å². The molecule has 20 heavy (non-hydrogen) atoms. The fraction of sp³-hybridized carbons (Fsp3) is 0.286. The Labute approximate surface area is 116 Å². The molecule has 1 aromatic rings. The van der Waals surface area contributed by atoms with Crippen molar-refractivity contribution in [3.63, 3.8) is 0 Å². The monoisotopic (exact) mass is 280 g/mol. The van der Waals surface area contributed by atoms with E-state index in [1.165, 1.54) is 6.08 Å². The summed E-state index contributed by atoms with van der Waals surface area (Å²) in [5, 5.41) is 17.5. The van der Waals surface area contributed by atoms with Crippen molar-refractivity contribution in [3.8, 4) is 5.75 Å². The number of hydrogen-bond acceptors (Lipinski definition) is 6. The van der Waals surface area contributed by atoms with Crippen molar-refractivity contribution in [2.24, 2.45) is 0 Å². The molecule has 0 aliphatic rings. The van der Waals surface area contributed by atoms with Crippen LogP contribution >= 0.6 is 0 Å². The molecule has 1 unspecified atom stereocenters. The van der Waals surface area contributed by atoms with Crippen molar-refractivity contribution in [3.05, 3.63) is 35.9 Å². The standard InChI is InChI=1S/C14H16O6/c1-19-11-5-2-10(3-6-11)4-7-14(18)20-13(9-16)12(17)8-15/h2-7,13,15-16H,8-9H2,1H3. The molecule has 108 valence electrons. The Morgan fingerprint density at radius 3 is 2.40 bits per heavy atom. The fourth-order valence-corrected chi connectivity index (χ4v) is 1.37. The summed E-state index contributed by atoms with van der Waals surface area (Å²) in [6.45, 7) is -1.46. The molecule has 0 aliphatic carbocycles. The van der Waals surface area contributed by atoms with Gasteiger partial charge in [-0.25, -0.2) is 4.79 Å². The molecule has 1 atom stereocenters. The Morgan fingerprint density at radius 1 is 1.25 bits per heavy atom. The third-order valence-corrected chi connectivity index (χ3v) is 2.47. The van der Waals surface area contributed by atoms with Gasteiger partial charge in [-0.1, -0.05) is 12.1 Å². The number of ketones is 1. The molecule has 0 aliphatic heterocycles. The first-order valence-electron chi connectivity index (χ1n) is 5.88. The number of aliphatic hydroxyl groups is 2. The third kappa shape index (κ3) is 4.83. The van der Waals surface area contributed by atoms with E-state index in [4.69, 9.17) is 19.7 Å². The molecule has 0 bridgehead atoms. The lowest BCUT2D eigenvalue weighted by Crippen LogP contribution is -2.32. The van der Waals surface area contributed by atoms with E-state index >= 15 is 0 Å². The van der Waals surface area contributed by atoms with Crippen LogP contribution in [0.15, 0.2) is 30.3 Å². The Morgan fingerprint density at radius 2 is 1.90 bits per heavy atom. The predicted molar refractivity (Wildman–Crippen MR) is 71.1 cm³/mol. The highest BCUT2D eigenvalue weighted by Crippen LogP contribution is 2.12. The topological polar surface area (TPSA) is 93.1 Å². The van der Waals surface area contributed by atoms with E-state index in [0.29, 0.717) is 5.75 Å². The number of rotatable bonds is 7. The first-order chi connectivity index (χ1) is 9.60. The molecule has 0 aromatic heterocycles. The molecule has 0 amide bonds. The van der Waals surface area contributed by atoms with Crippen molar-refractivity contribution in [1.29, 1.82) is 0 Å². The molecule has 0 radical (unpaired) electrons. The molecule has 0 fully saturated rings. The summed E-state index contributed by atoms with van der Waals surface area (Å²) in [4.78, 5) is 22.5. The van der Waals surface area contributed by atoms with Gasteiger partial charge >= 0.3 is 5.97 Å². The van der Waals surface area contributed by atoms with Gasteiger partial charge in [0.2, 0.25) is 5.78 Å². The largest absolute Gasteiger partial charge is 0.497 e. The Hall–Kier alpha value is -2.18. The van der Waals surface area contributed by atoms with Crippen LogP contribution in [0.1, 0.15) is 5.56 Å². The zero-order chi connectivity index (χ0) is 15.0. The molecule has 0 saturated carbocycles. The van der Waals surface area contributed by atoms with Gasteiger partial charge in [-0.15, -0.1) is 0 Å². The minimum Gasteiger partial charge on any atom is -0.497 e. The number of carbonyl (C=O) groups excluding carboxylic acids is 2. The van der Waals surface area contributed by atoms with Crippen LogP contribution in [0.4, 0.5) is 0 Å². The van der Waals surface area contributed by atoms with Gasteiger partial charge in [0.15, 0.2) is 6.10 Å². The lowest BCUT2D eigenvalue weighted by molar-refractivity contribution is -0.153.